The molecule has 0 aliphatic heterocycles. The molecule has 4 heteroatoms. The van der Waals surface area contributed by atoms with Crippen LogP contribution in [0.2, 0.25) is 0 Å². The summed E-state index contributed by atoms with van der Waals surface area (Å²) in [6.45, 7) is 5.03. The third-order valence-corrected chi connectivity index (χ3v) is 2.74. The highest BCUT2D eigenvalue weighted by Gasteiger charge is 2.23. The second kappa shape index (κ2) is 6.23. The largest absolute Gasteiger partial charge is 0.394 e. The van der Waals surface area contributed by atoms with Gasteiger partial charge in [-0.05, 0) is 32.0 Å². The minimum atomic E-state index is -0.448. The molecule has 0 saturated carbocycles. The zero-order chi connectivity index (χ0) is 12.0. The Morgan fingerprint density at radius 1 is 1.50 bits per heavy atom. The molecule has 2 N–H and O–H groups in total. The summed E-state index contributed by atoms with van der Waals surface area (Å²) >= 11 is 3.41. The summed E-state index contributed by atoms with van der Waals surface area (Å²) in [5, 5.41) is 12.7. The fourth-order valence-electron chi connectivity index (χ4n) is 1.36. The number of halogens is 1. The average molecular weight is 288 g/mol. The number of hydrogen-bond acceptors (Lipinski definition) is 3. The van der Waals surface area contributed by atoms with Crippen molar-refractivity contribution < 1.29 is 9.84 Å². The van der Waals surface area contributed by atoms with E-state index in [0.717, 1.165) is 10.2 Å². The molecule has 16 heavy (non-hydrogen) atoms. The van der Waals surface area contributed by atoms with Gasteiger partial charge < -0.3 is 15.2 Å². The molecule has 0 aromatic heterocycles. The number of hydrogen-bond donors (Lipinski definition) is 2. The molecular weight excluding hydrogens is 270 g/mol. The minimum absolute atomic E-state index is 0.0273. The van der Waals surface area contributed by atoms with E-state index in [-0.39, 0.29) is 6.61 Å². The van der Waals surface area contributed by atoms with Crippen molar-refractivity contribution in [3.8, 4) is 0 Å². The first-order valence-corrected chi connectivity index (χ1v) is 6.11. The van der Waals surface area contributed by atoms with Gasteiger partial charge in [-0.3, -0.25) is 0 Å². The first-order chi connectivity index (χ1) is 7.59. The van der Waals surface area contributed by atoms with Gasteiger partial charge in [0.2, 0.25) is 0 Å². The number of rotatable bonds is 6. The normalized spacial score (nSPS) is 14.5. The van der Waals surface area contributed by atoms with E-state index in [4.69, 9.17) is 4.74 Å². The Labute approximate surface area is 105 Å². The molecule has 1 atom stereocenters. The smallest absolute Gasteiger partial charge is 0.0809 e. The summed E-state index contributed by atoms with van der Waals surface area (Å²) in [4.78, 5) is 0. The van der Waals surface area contributed by atoms with Crippen LogP contribution in [0.25, 0.3) is 0 Å². The maximum atomic E-state index is 9.39. The van der Waals surface area contributed by atoms with E-state index in [1.165, 1.54) is 0 Å². The quantitative estimate of drug-likeness (QED) is 0.845. The summed E-state index contributed by atoms with van der Waals surface area (Å²) in [7, 11) is 0. The minimum Gasteiger partial charge on any atom is -0.394 e. The molecule has 0 aliphatic rings. The predicted molar refractivity (Wildman–Crippen MR) is 69.7 cm³/mol. The molecule has 0 aliphatic carbocycles. The zero-order valence-electron chi connectivity index (χ0n) is 9.66. The molecule has 0 heterocycles. The van der Waals surface area contributed by atoms with Gasteiger partial charge in [0, 0.05) is 16.8 Å². The van der Waals surface area contributed by atoms with Gasteiger partial charge in [0.1, 0.15) is 0 Å². The van der Waals surface area contributed by atoms with Crippen molar-refractivity contribution in [1.82, 2.24) is 0 Å². The van der Waals surface area contributed by atoms with Gasteiger partial charge in [-0.15, -0.1) is 0 Å². The number of anilines is 1. The second-order valence-electron chi connectivity index (χ2n) is 3.99. The Hall–Kier alpha value is -0.580. The molecule has 3 nitrogen and oxygen atoms in total. The van der Waals surface area contributed by atoms with Crippen molar-refractivity contribution in [3.05, 3.63) is 28.7 Å². The summed E-state index contributed by atoms with van der Waals surface area (Å²) in [6.07, 6.45) is 0. The standard InChI is InChI=1S/C12H18BrNO2/c1-3-16-9-12(2,8-15)14-11-6-4-5-10(13)7-11/h4-7,14-15H,3,8-9H2,1-2H3. The summed E-state index contributed by atoms with van der Waals surface area (Å²) in [5.41, 5.74) is 0.516. The lowest BCUT2D eigenvalue weighted by molar-refractivity contribution is 0.0797. The van der Waals surface area contributed by atoms with Gasteiger partial charge in [-0.25, -0.2) is 0 Å². The van der Waals surface area contributed by atoms with E-state index in [9.17, 15) is 5.11 Å². The van der Waals surface area contributed by atoms with Crippen LogP contribution < -0.4 is 5.32 Å². The lowest BCUT2D eigenvalue weighted by atomic mass is 10.0. The molecule has 1 rings (SSSR count). The number of benzene rings is 1. The lowest BCUT2D eigenvalue weighted by Crippen LogP contribution is -2.43. The van der Waals surface area contributed by atoms with Crippen LogP contribution in [0, 0.1) is 0 Å². The Morgan fingerprint density at radius 3 is 2.81 bits per heavy atom. The fourth-order valence-corrected chi connectivity index (χ4v) is 1.76. The Balaban J connectivity index is 2.68. The molecule has 0 fully saturated rings. The summed E-state index contributed by atoms with van der Waals surface area (Å²) in [6, 6.07) is 7.85. The topological polar surface area (TPSA) is 41.5 Å². The van der Waals surface area contributed by atoms with Gasteiger partial charge in [-0.1, -0.05) is 22.0 Å². The molecule has 0 amide bonds. The maximum absolute atomic E-state index is 9.39. The van der Waals surface area contributed by atoms with Crippen molar-refractivity contribution >= 4 is 21.6 Å². The van der Waals surface area contributed by atoms with Crippen LogP contribution in [0.3, 0.4) is 0 Å². The van der Waals surface area contributed by atoms with Crippen LogP contribution in [0.5, 0.6) is 0 Å². The van der Waals surface area contributed by atoms with Crippen LogP contribution in [-0.2, 0) is 4.74 Å². The van der Waals surface area contributed by atoms with Crippen molar-refractivity contribution in [1.29, 1.82) is 0 Å². The number of ether oxygens (including phenoxy) is 1. The Morgan fingerprint density at radius 2 is 2.25 bits per heavy atom. The first-order valence-electron chi connectivity index (χ1n) is 5.32. The van der Waals surface area contributed by atoms with E-state index in [1.807, 2.05) is 38.1 Å². The highest BCUT2D eigenvalue weighted by atomic mass is 79.9. The zero-order valence-corrected chi connectivity index (χ0v) is 11.3. The first kappa shape index (κ1) is 13.5. The molecule has 1 unspecified atom stereocenters. The van der Waals surface area contributed by atoms with Crippen LogP contribution in [0.1, 0.15) is 13.8 Å². The van der Waals surface area contributed by atoms with E-state index < -0.39 is 5.54 Å². The van der Waals surface area contributed by atoms with E-state index in [0.29, 0.717) is 13.2 Å². The molecule has 0 saturated heterocycles. The third-order valence-electron chi connectivity index (χ3n) is 2.24. The number of aliphatic hydroxyl groups is 1. The van der Waals surface area contributed by atoms with E-state index in [2.05, 4.69) is 21.2 Å². The molecule has 0 bridgehead atoms. The molecule has 90 valence electrons. The highest BCUT2D eigenvalue weighted by molar-refractivity contribution is 9.10. The van der Waals surface area contributed by atoms with Gasteiger partial charge >= 0.3 is 0 Å². The maximum Gasteiger partial charge on any atom is 0.0809 e. The number of nitrogens with one attached hydrogen (secondary N) is 1. The third kappa shape index (κ3) is 4.12. The lowest BCUT2D eigenvalue weighted by Gasteiger charge is -2.29. The van der Waals surface area contributed by atoms with Crippen molar-refractivity contribution in [2.24, 2.45) is 0 Å². The molecule has 1 aromatic rings. The predicted octanol–water partition coefficient (Wildman–Crippen LogP) is 2.65. The van der Waals surface area contributed by atoms with Gasteiger partial charge in [0.05, 0.1) is 18.8 Å². The number of aliphatic hydroxyl groups excluding tert-OH is 1. The van der Waals surface area contributed by atoms with Crippen molar-refractivity contribution in [3.63, 3.8) is 0 Å². The molecular formula is C12H18BrNO2. The fraction of sp³-hybridized carbons (Fsp3) is 0.500. The average Bonchev–Trinajstić information content (AvgIpc) is 2.26. The molecule has 1 aromatic carbocycles. The highest BCUT2D eigenvalue weighted by Crippen LogP contribution is 2.19. The molecule has 0 spiro atoms. The van der Waals surface area contributed by atoms with Crippen molar-refractivity contribution in [2.45, 2.75) is 19.4 Å². The van der Waals surface area contributed by atoms with E-state index >= 15 is 0 Å². The SMILES string of the molecule is CCOCC(C)(CO)Nc1cccc(Br)c1. The summed E-state index contributed by atoms with van der Waals surface area (Å²) < 4.78 is 6.37. The second-order valence-corrected chi connectivity index (χ2v) is 4.91. The van der Waals surface area contributed by atoms with Gasteiger partial charge in [0.25, 0.3) is 0 Å². The van der Waals surface area contributed by atoms with Crippen LogP contribution in [0.15, 0.2) is 28.7 Å². The monoisotopic (exact) mass is 287 g/mol. The molecule has 0 radical (unpaired) electrons. The van der Waals surface area contributed by atoms with Crippen molar-refractivity contribution in [2.75, 3.05) is 25.1 Å². The van der Waals surface area contributed by atoms with E-state index in [1.54, 1.807) is 0 Å². The van der Waals surface area contributed by atoms with Gasteiger partial charge in [-0.2, -0.15) is 0 Å². The van der Waals surface area contributed by atoms with Gasteiger partial charge in [0.15, 0.2) is 0 Å². The Kier molecular flexibility index (Phi) is 5.25. The van der Waals surface area contributed by atoms with Crippen LogP contribution >= 0.6 is 15.9 Å². The summed E-state index contributed by atoms with van der Waals surface area (Å²) in [5.74, 6) is 0. The Bertz CT molecular complexity index is 333. The van der Waals surface area contributed by atoms with Crippen LogP contribution in [0.4, 0.5) is 5.69 Å². The van der Waals surface area contributed by atoms with Crippen LogP contribution in [-0.4, -0.2) is 30.5 Å².